The molecule has 0 aromatic heterocycles. The summed E-state index contributed by atoms with van der Waals surface area (Å²) in [6.07, 6.45) is 1.76. The largest absolute Gasteiger partial charge is 0.480 e. The molecule has 114 valence electrons. The summed E-state index contributed by atoms with van der Waals surface area (Å²) in [5.74, 6) is -1.74. The molecular formula is C12H19IN2O5. The summed E-state index contributed by atoms with van der Waals surface area (Å²) in [6.45, 7) is 1.80. The lowest BCUT2D eigenvalue weighted by Crippen LogP contribution is -2.38. The molecule has 0 aromatic rings. The number of carboxylic acids is 1. The molecule has 0 bridgehead atoms. The van der Waals surface area contributed by atoms with Gasteiger partial charge in [-0.2, -0.15) is 0 Å². The number of rotatable bonds is 10. The number of nitrogens with one attached hydrogen (secondary N) is 2. The molecule has 7 nitrogen and oxygen atoms in total. The lowest BCUT2D eigenvalue weighted by Gasteiger charge is -2.07. The van der Waals surface area contributed by atoms with Crippen LogP contribution in [0.15, 0.2) is 0 Å². The van der Waals surface area contributed by atoms with Gasteiger partial charge in [-0.3, -0.25) is 14.4 Å². The first-order valence-corrected chi connectivity index (χ1v) is 7.47. The summed E-state index contributed by atoms with van der Waals surface area (Å²) < 4.78 is -0.803. The third-order valence-electron chi connectivity index (χ3n) is 2.36. The number of alkyl halides is 1. The molecule has 0 saturated carbocycles. The van der Waals surface area contributed by atoms with E-state index in [1.807, 2.05) is 0 Å². The van der Waals surface area contributed by atoms with Crippen molar-refractivity contribution in [3.05, 3.63) is 0 Å². The van der Waals surface area contributed by atoms with Gasteiger partial charge < -0.3 is 20.5 Å². The fraction of sp³-hybridized carbons (Fsp3) is 0.667. The Bertz CT molecular complexity index is 373. The van der Waals surface area contributed by atoms with Gasteiger partial charge in [0.2, 0.25) is 11.8 Å². The van der Waals surface area contributed by atoms with Crippen LogP contribution in [-0.4, -0.2) is 45.7 Å². The Morgan fingerprint density at radius 3 is 2.30 bits per heavy atom. The van der Waals surface area contributed by atoms with Crippen molar-refractivity contribution in [1.29, 1.82) is 0 Å². The highest BCUT2D eigenvalue weighted by atomic mass is 127. The van der Waals surface area contributed by atoms with Gasteiger partial charge in [-0.05, 0) is 19.8 Å². The summed E-state index contributed by atoms with van der Waals surface area (Å²) >= 11 is 1.65. The Labute approximate surface area is 131 Å². The summed E-state index contributed by atoms with van der Waals surface area (Å²) in [5, 5.41) is 13.6. The van der Waals surface area contributed by atoms with Crippen LogP contribution in [0, 0.1) is 0 Å². The average Bonchev–Trinajstić information content (AvgIpc) is 2.35. The van der Waals surface area contributed by atoms with Crippen molar-refractivity contribution in [2.24, 2.45) is 0 Å². The average molecular weight is 398 g/mol. The molecule has 0 aromatic carbocycles. The molecule has 1 atom stereocenters. The van der Waals surface area contributed by atoms with Gasteiger partial charge in [0.15, 0.2) is 0 Å². The molecule has 0 fully saturated rings. The maximum absolute atomic E-state index is 11.4. The van der Waals surface area contributed by atoms with Crippen LogP contribution in [0.1, 0.15) is 32.6 Å². The van der Waals surface area contributed by atoms with Crippen molar-refractivity contribution in [2.75, 3.05) is 13.1 Å². The Morgan fingerprint density at radius 2 is 1.75 bits per heavy atom. The van der Waals surface area contributed by atoms with E-state index in [-0.39, 0.29) is 24.7 Å². The molecule has 0 heterocycles. The lowest BCUT2D eigenvalue weighted by molar-refractivity contribution is -0.137. The van der Waals surface area contributed by atoms with E-state index >= 15 is 0 Å². The monoisotopic (exact) mass is 398 g/mol. The maximum Gasteiger partial charge on any atom is 0.316 e. The van der Waals surface area contributed by atoms with E-state index in [1.165, 1.54) is 6.92 Å². The predicted octanol–water partition coefficient (Wildman–Crippen LogP) is 0.256. The first-order chi connectivity index (χ1) is 9.32. The van der Waals surface area contributed by atoms with Gasteiger partial charge in [0.1, 0.15) is 9.71 Å². The Balaban J connectivity index is 3.64. The highest BCUT2D eigenvalue weighted by molar-refractivity contribution is 14.1. The quantitative estimate of drug-likeness (QED) is 0.278. The van der Waals surface area contributed by atoms with E-state index in [0.29, 0.717) is 19.4 Å². The smallest absolute Gasteiger partial charge is 0.316 e. The number of carboxylic acid groups (broad SMARTS) is 1. The first kappa shape index (κ1) is 18.8. The molecule has 0 rings (SSSR count). The van der Waals surface area contributed by atoms with Crippen LogP contribution in [0.4, 0.5) is 0 Å². The zero-order valence-corrected chi connectivity index (χ0v) is 13.4. The highest BCUT2D eigenvalue weighted by Crippen LogP contribution is 2.05. The second kappa shape index (κ2) is 10.6. The second-order valence-corrected chi connectivity index (χ2v) is 5.80. The van der Waals surface area contributed by atoms with Gasteiger partial charge >= 0.3 is 5.97 Å². The lowest BCUT2D eigenvalue weighted by atomic mass is 10.2. The number of halogens is 1. The minimum atomic E-state index is -1.06. The molecule has 0 aliphatic carbocycles. The molecule has 0 aliphatic rings. The number of amides is 2. The van der Waals surface area contributed by atoms with Crippen molar-refractivity contribution in [1.82, 2.24) is 10.6 Å². The summed E-state index contributed by atoms with van der Waals surface area (Å²) in [4.78, 5) is 43.9. The van der Waals surface area contributed by atoms with Crippen LogP contribution in [0.2, 0.25) is 0 Å². The summed E-state index contributed by atoms with van der Waals surface area (Å²) in [7, 11) is 0. The maximum atomic E-state index is 11.4. The van der Waals surface area contributed by atoms with E-state index in [1.54, 1.807) is 22.6 Å². The first-order valence-electron chi connectivity index (χ1n) is 6.22. The highest BCUT2D eigenvalue weighted by Gasteiger charge is 2.17. The molecule has 0 saturated heterocycles. The number of hydrogen-bond acceptors (Lipinski definition) is 4. The van der Waals surface area contributed by atoms with Gasteiger partial charge in [-0.15, -0.1) is 0 Å². The molecule has 1 unspecified atom stereocenters. The van der Waals surface area contributed by atoms with Crippen LogP contribution < -0.4 is 10.6 Å². The molecular weight excluding hydrogens is 379 g/mol. The standard InChI is InChI=1S/C12H19IN2O5/c1-8(16)4-2-3-5-14-11(18)7-15-10(17)6-9(13)12(19)20/h9H,2-7H2,1H3,(H,14,18)(H,15,17)(H,19,20). The fourth-order valence-corrected chi connectivity index (χ4v) is 1.69. The summed E-state index contributed by atoms with van der Waals surface area (Å²) in [6, 6.07) is 0. The molecule has 8 heteroatoms. The van der Waals surface area contributed by atoms with Crippen LogP contribution in [0.25, 0.3) is 0 Å². The number of ketones is 1. The zero-order valence-electron chi connectivity index (χ0n) is 11.3. The third kappa shape index (κ3) is 10.7. The summed E-state index contributed by atoms with van der Waals surface area (Å²) in [5.41, 5.74) is 0. The van der Waals surface area contributed by atoms with E-state index < -0.39 is 15.8 Å². The Morgan fingerprint density at radius 1 is 1.10 bits per heavy atom. The molecule has 0 aliphatic heterocycles. The molecule has 2 amide bonds. The van der Waals surface area contributed by atoms with Crippen LogP contribution in [0.5, 0.6) is 0 Å². The van der Waals surface area contributed by atoms with Crippen molar-refractivity contribution in [3.8, 4) is 0 Å². The van der Waals surface area contributed by atoms with Crippen molar-refractivity contribution < 1.29 is 24.3 Å². The van der Waals surface area contributed by atoms with Crippen LogP contribution >= 0.6 is 22.6 Å². The van der Waals surface area contributed by atoms with Crippen LogP contribution in [-0.2, 0) is 19.2 Å². The van der Waals surface area contributed by atoms with Gasteiger partial charge in [0.25, 0.3) is 0 Å². The number of carbonyl (C=O) groups excluding carboxylic acids is 3. The van der Waals surface area contributed by atoms with Crippen molar-refractivity contribution in [2.45, 2.75) is 36.5 Å². The fourth-order valence-electron chi connectivity index (χ4n) is 1.29. The molecule has 0 radical (unpaired) electrons. The van der Waals surface area contributed by atoms with Crippen molar-refractivity contribution >= 4 is 46.2 Å². The van der Waals surface area contributed by atoms with Gasteiger partial charge in [-0.1, -0.05) is 22.6 Å². The third-order valence-corrected chi connectivity index (χ3v) is 3.33. The van der Waals surface area contributed by atoms with E-state index in [9.17, 15) is 19.2 Å². The van der Waals surface area contributed by atoms with Gasteiger partial charge in [0.05, 0.1) is 6.54 Å². The zero-order chi connectivity index (χ0) is 15.5. The van der Waals surface area contributed by atoms with Crippen LogP contribution in [0.3, 0.4) is 0 Å². The number of aliphatic carboxylic acids is 1. The topological polar surface area (TPSA) is 113 Å². The SMILES string of the molecule is CC(=O)CCCCNC(=O)CNC(=O)CC(I)C(=O)O. The molecule has 20 heavy (non-hydrogen) atoms. The number of unbranched alkanes of at least 4 members (excludes halogenated alkanes) is 1. The molecule has 3 N–H and O–H groups in total. The number of carbonyl (C=O) groups is 4. The second-order valence-electron chi connectivity index (χ2n) is 4.30. The predicted molar refractivity (Wildman–Crippen MR) is 80.6 cm³/mol. The van der Waals surface area contributed by atoms with E-state index in [2.05, 4.69) is 10.6 Å². The molecule has 0 spiro atoms. The Kier molecular flexibility index (Phi) is 9.95. The normalized spacial score (nSPS) is 11.5. The van der Waals surface area contributed by atoms with E-state index in [0.717, 1.165) is 6.42 Å². The minimum absolute atomic E-state index is 0.121. The van der Waals surface area contributed by atoms with Gasteiger partial charge in [-0.25, -0.2) is 0 Å². The minimum Gasteiger partial charge on any atom is -0.480 e. The number of Topliss-reactive ketones (excluding diaryl/α,β-unsaturated/α-hetero) is 1. The Hall–Kier alpha value is -1.19. The van der Waals surface area contributed by atoms with E-state index in [4.69, 9.17) is 5.11 Å². The number of hydrogen-bond donors (Lipinski definition) is 3. The van der Waals surface area contributed by atoms with Gasteiger partial charge in [0, 0.05) is 19.4 Å². The van der Waals surface area contributed by atoms with Crippen molar-refractivity contribution in [3.63, 3.8) is 0 Å².